The largest absolute Gasteiger partial charge is 0.456 e. The topological polar surface area (TPSA) is 22.4 Å². The summed E-state index contributed by atoms with van der Waals surface area (Å²) in [6, 6.07) is 68.2. The highest BCUT2D eigenvalue weighted by Crippen LogP contribution is 2.64. The molecule has 0 saturated carbocycles. The van der Waals surface area contributed by atoms with E-state index < -0.39 is 5.41 Å². The Labute approximate surface area is 391 Å². The molecule has 11 aromatic rings. The fraction of sp³-hybridized carbons (Fsp3) is 0.138. The molecule has 0 unspecified atom stereocenters. The Morgan fingerprint density at radius 1 is 0.358 bits per heavy atom. The summed E-state index contributed by atoms with van der Waals surface area (Å²) < 4.78 is 13.5. The average Bonchev–Trinajstić information content (AvgIpc) is 3.97. The van der Waals surface area contributed by atoms with E-state index in [1.165, 1.54) is 77.7 Å². The van der Waals surface area contributed by atoms with E-state index in [2.05, 4.69) is 224 Å². The standard InChI is InChI=1S/C65H48O2/c1-63(2,3)40-24-28-46-47-29-25-41(64(4,5)6)36-56(47)65(55(46)35-40)53-19-10-9-15-44(53)45-26-22-39(34-54(45)65)38-23-31-57-52(33-38)50-17-11-16-48-43(30-32-59(66-57)60(48)50)49-18-12-20-58-61(49)51-27-21-37-13-7-8-14-42(37)62(51)67-58/h7-36H,1-6H3. The van der Waals surface area contributed by atoms with Gasteiger partial charge in [0.1, 0.15) is 22.7 Å². The van der Waals surface area contributed by atoms with Gasteiger partial charge in [-0.25, -0.2) is 0 Å². The second-order valence-corrected chi connectivity index (χ2v) is 21.2. The Hall–Kier alpha value is -7.68. The first kappa shape index (κ1) is 38.6. The first-order valence-electron chi connectivity index (χ1n) is 23.7. The number of fused-ring (bicyclic) bond motifs is 17. The molecule has 3 aliphatic rings. The number of hydrogen-bond acceptors (Lipinski definition) is 2. The average molecular weight is 861 g/mol. The van der Waals surface area contributed by atoms with E-state index in [9.17, 15) is 0 Å². The Kier molecular flexibility index (Phi) is 7.62. The quantitative estimate of drug-likeness (QED) is 0.173. The molecule has 2 aliphatic carbocycles. The van der Waals surface area contributed by atoms with Crippen molar-refractivity contribution in [2.24, 2.45) is 0 Å². The Morgan fingerprint density at radius 3 is 1.69 bits per heavy atom. The number of benzene rings is 10. The van der Waals surface area contributed by atoms with E-state index >= 15 is 0 Å². The summed E-state index contributed by atoms with van der Waals surface area (Å²) in [5.74, 6) is 1.75. The fourth-order valence-corrected chi connectivity index (χ4v) is 12.1. The monoisotopic (exact) mass is 860 g/mol. The summed E-state index contributed by atoms with van der Waals surface area (Å²) in [4.78, 5) is 0. The zero-order valence-corrected chi connectivity index (χ0v) is 38.6. The molecule has 14 rings (SSSR count). The zero-order valence-electron chi connectivity index (χ0n) is 38.6. The van der Waals surface area contributed by atoms with Crippen molar-refractivity contribution in [2.45, 2.75) is 57.8 Å². The van der Waals surface area contributed by atoms with E-state index in [0.29, 0.717) is 0 Å². The number of furan rings is 1. The molecule has 1 spiro atoms. The lowest BCUT2D eigenvalue weighted by atomic mass is 9.68. The minimum absolute atomic E-state index is 0.00585. The van der Waals surface area contributed by atoms with Crippen molar-refractivity contribution < 1.29 is 9.15 Å². The molecule has 0 bridgehead atoms. The molecule has 0 radical (unpaired) electrons. The molecule has 0 saturated heterocycles. The van der Waals surface area contributed by atoms with E-state index in [1.54, 1.807) is 0 Å². The van der Waals surface area contributed by atoms with Crippen molar-refractivity contribution >= 4 is 43.5 Å². The highest BCUT2D eigenvalue weighted by molar-refractivity contribution is 6.21. The van der Waals surface area contributed by atoms with E-state index in [0.717, 1.165) is 66.3 Å². The van der Waals surface area contributed by atoms with Gasteiger partial charge in [-0.15, -0.1) is 0 Å². The van der Waals surface area contributed by atoms with Crippen LogP contribution in [0.5, 0.6) is 11.5 Å². The Morgan fingerprint density at radius 2 is 0.925 bits per heavy atom. The van der Waals surface area contributed by atoms with Gasteiger partial charge in [0.25, 0.3) is 0 Å². The van der Waals surface area contributed by atoms with Gasteiger partial charge in [0.2, 0.25) is 0 Å². The lowest BCUT2D eigenvalue weighted by Gasteiger charge is -2.33. The van der Waals surface area contributed by atoms with Crippen LogP contribution in [0.25, 0.3) is 99.1 Å². The molecule has 320 valence electrons. The fourth-order valence-electron chi connectivity index (χ4n) is 12.1. The van der Waals surface area contributed by atoms with Crippen LogP contribution in [-0.2, 0) is 16.2 Å². The maximum atomic E-state index is 6.85. The summed E-state index contributed by atoms with van der Waals surface area (Å²) in [5.41, 5.74) is 21.8. The van der Waals surface area contributed by atoms with Crippen LogP contribution in [0.1, 0.15) is 74.9 Å². The van der Waals surface area contributed by atoms with Crippen LogP contribution in [0.4, 0.5) is 0 Å². The van der Waals surface area contributed by atoms with Gasteiger partial charge in [0, 0.05) is 27.1 Å². The Bertz CT molecular complexity index is 3910. The summed E-state index contributed by atoms with van der Waals surface area (Å²) in [7, 11) is 0. The maximum absolute atomic E-state index is 6.85. The molecule has 0 N–H and O–H groups in total. The maximum Gasteiger partial charge on any atom is 0.143 e. The first-order valence-corrected chi connectivity index (χ1v) is 23.7. The van der Waals surface area contributed by atoms with Crippen molar-refractivity contribution in [3.63, 3.8) is 0 Å². The molecule has 1 aliphatic heterocycles. The molecule has 2 heteroatoms. The highest BCUT2D eigenvalue weighted by Gasteiger charge is 2.52. The third-order valence-corrected chi connectivity index (χ3v) is 15.4. The van der Waals surface area contributed by atoms with Gasteiger partial charge in [0.15, 0.2) is 0 Å². The van der Waals surface area contributed by atoms with Crippen molar-refractivity contribution in [1.29, 1.82) is 0 Å². The number of hydrogen-bond donors (Lipinski definition) is 0. The summed E-state index contributed by atoms with van der Waals surface area (Å²) in [6.07, 6.45) is 0. The van der Waals surface area contributed by atoms with Crippen molar-refractivity contribution in [3.05, 3.63) is 215 Å². The predicted molar refractivity (Wildman–Crippen MR) is 279 cm³/mol. The smallest absolute Gasteiger partial charge is 0.143 e. The summed E-state index contributed by atoms with van der Waals surface area (Å²) in [5, 5.41) is 6.86. The van der Waals surface area contributed by atoms with Gasteiger partial charge in [0.05, 0.1) is 5.41 Å². The number of rotatable bonds is 2. The van der Waals surface area contributed by atoms with Gasteiger partial charge in [-0.2, -0.15) is 0 Å². The predicted octanol–water partition coefficient (Wildman–Crippen LogP) is 17.9. The van der Waals surface area contributed by atoms with Crippen molar-refractivity contribution in [2.75, 3.05) is 0 Å². The van der Waals surface area contributed by atoms with Gasteiger partial charge in [-0.3, -0.25) is 0 Å². The molecule has 0 amide bonds. The molecule has 2 nitrogen and oxygen atoms in total. The molecule has 10 aromatic carbocycles. The van der Waals surface area contributed by atoms with Crippen molar-refractivity contribution in [3.8, 4) is 67.1 Å². The van der Waals surface area contributed by atoms with Crippen LogP contribution in [0.15, 0.2) is 186 Å². The van der Waals surface area contributed by atoms with Crippen LogP contribution in [-0.4, -0.2) is 0 Å². The molecule has 1 aromatic heterocycles. The zero-order chi connectivity index (χ0) is 45.1. The SMILES string of the molecule is CC(C)(C)c1ccc2c(c1)C1(c3ccccc3-c3ccc(-c4ccc5c(c4)-c4cccc6c(-c7cccc8oc9c%10ccccc%10ccc9c78)ccc(c46)O5)cc31)c1cc(C(C)(C)C)ccc1-2. The number of ether oxygens (including phenoxy) is 1. The van der Waals surface area contributed by atoms with Gasteiger partial charge in [-0.05, 0) is 141 Å². The summed E-state index contributed by atoms with van der Waals surface area (Å²) in [6.45, 7) is 14.0. The van der Waals surface area contributed by atoms with Crippen LogP contribution in [0.2, 0.25) is 0 Å². The minimum atomic E-state index is -0.469. The molecule has 2 heterocycles. The third-order valence-electron chi connectivity index (χ3n) is 15.4. The molecule has 0 fully saturated rings. The van der Waals surface area contributed by atoms with E-state index in [4.69, 9.17) is 9.15 Å². The lowest BCUT2D eigenvalue weighted by Crippen LogP contribution is -2.27. The molecule has 67 heavy (non-hydrogen) atoms. The minimum Gasteiger partial charge on any atom is -0.456 e. The van der Waals surface area contributed by atoms with Crippen LogP contribution in [0, 0.1) is 0 Å². The first-order chi connectivity index (χ1) is 32.5. The van der Waals surface area contributed by atoms with E-state index in [1.807, 2.05) is 0 Å². The normalized spacial score (nSPS) is 14.1. The van der Waals surface area contributed by atoms with E-state index in [-0.39, 0.29) is 10.8 Å². The van der Waals surface area contributed by atoms with Gasteiger partial charge < -0.3 is 9.15 Å². The third kappa shape index (κ3) is 5.22. The van der Waals surface area contributed by atoms with Gasteiger partial charge in [-0.1, -0.05) is 187 Å². The lowest BCUT2D eigenvalue weighted by molar-refractivity contribution is 0.487. The van der Waals surface area contributed by atoms with Gasteiger partial charge >= 0.3 is 0 Å². The Balaban J connectivity index is 0.955. The summed E-state index contributed by atoms with van der Waals surface area (Å²) >= 11 is 0. The second-order valence-electron chi connectivity index (χ2n) is 21.2. The second kappa shape index (κ2) is 13.2. The molecular weight excluding hydrogens is 813 g/mol. The van der Waals surface area contributed by atoms with Crippen LogP contribution >= 0.6 is 0 Å². The van der Waals surface area contributed by atoms with Crippen molar-refractivity contribution in [1.82, 2.24) is 0 Å². The highest BCUT2D eigenvalue weighted by atomic mass is 16.5. The molecular formula is C65H48O2. The van der Waals surface area contributed by atoms with Crippen LogP contribution in [0.3, 0.4) is 0 Å². The molecule has 0 atom stereocenters. The van der Waals surface area contributed by atoms with Crippen LogP contribution < -0.4 is 4.74 Å².